The van der Waals surface area contributed by atoms with E-state index in [-0.39, 0.29) is 17.0 Å². The molecular formula is C12H13NO4. The molecule has 0 aromatic heterocycles. The van der Waals surface area contributed by atoms with Gasteiger partial charge in [-0.25, -0.2) is 0 Å². The van der Waals surface area contributed by atoms with E-state index in [9.17, 15) is 4.79 Å². The van der Waals surface area contributed by atoms with Crippen molar-refractivity contribution in [3.05, 3.63) is 11.6 Å². The van der Waals surface area contributed by atoms with E-state index in [2.05, 4.69) is 0 Å². The Hall–Kier alpha value is -2.35. The first-order valence-electron chi connectivity index (χ1n) is 4.70. The number of Topliss-reactive ketones (excluding diaryl/α,β-unsaturated/α-hetero) is 1. The molecule has 0 saturated carbocycles. The number of methoxy groups -OCH3 is 3. The molecule has 0 aliphatic rings. The average molecular weight is 235 g/mol. The predicted octanol–water partition coefficient (Wildman–Crippen LogP) is 1.11. The van der Waals surface area contributed by atoms with Gasteiger partial charge in [0.05, 0.1) is 32.6 Å². The van der Waals surface area contributed by atoms with E-state index in [1.807, 2.05) is 5.92 Å². The summed E-state index contributed by atoms with van der Waals surface area (Å²) in [5.41, 5.74) is 6.08. The van der Waals surface area contributed by atoms with Gasteiger partial charge in [0.15, 0.2) is 11.5 Å². The maximum Gasteiger partial charge on any atom is 0.237 e. The molecule has 0 aliphatic carbocycles. The molecular weight excluding hydrogens is 222 g/mol. The standard InChI is InChI=1S/C12H13NO4/c1-5-8(14)7-6-9(15-2)11(16-3)12(17-4)10(7)13/h1,6H,13H2,2-4H3. The molecule has 0 amide bonds. The van der Waals surface area contributed by atoms with E-state index in [0.717, 1.165) is 0 Å². The number of terminal acetylenes is 1. The SMILES string of the molecule is C#CC(=O)c1cc(OC)c(OC)c(OC)c1N. The lowest BCUT2D eigenvalue weighted by Crippen LogP contribution is -2.06. The maximum atomic E-state index is 11.5. The van der Waals surface area contributed by atoms with Gasteiger partial charge in [0.2, 0.25) is 11.5 Å². The fraction of sp³-hybridized carbons (Fsp3) is 0.250. The maximum absolute atomic E-state index is 11.5. The molecule has 17 heavy (non-hydrogen) atoms. The van der Waals surface area contributed by atoms with Crippen molar-refractivity contribution >= 4 is 11.5 Å². The van der Waals surface area contributed by atoms with Crippen molar-refractivity contribution in [1.82, 2.24) is 0 Å². The summed E-state index contributed by atoms with van der Waals surface area (Å²) < 4.78 is 15.3. The number of nitrogen functional groups attached to an aromatic ring is 1. The number of ether oxygens (including phenoxy) is 3. The first-order valence-corrected chi connectivity index (χ1v) is 4.70. The molecule has 5 heteroatoms. The van der Waals surface area contributed by atoms with Crippen LogP contribution in [0.15, 0.2) is 6.07 Å². The second-order valence-corrected chi connectivity index (χ2v) is 3.08. The molecule has 0 aliphatic heterocycles. The Balaban J connectivity index is 3.57. The Kier molecular flexibility index (Phi) is 3.83. The van der Waals surface area contributed by atoms with Crippen LogP contribution < -0.4 is 19.9 Å². The van der Waals surface area contributed by atoms with Crippen molar-refractivity contribution in [2.24, 2.45) is 0 Å². The molecule has 2 N–H and O–H groups in total. The summed E-state index contributed by atoms with van der Waals surface area (Å²) in [6.45, 7) is 0. The summed E-state index contributed by atoms with van der Waals surface area (Å²) >= 11 is 0. The van der Waals surface area contributed by atoms with Crippen LogP contribution >= 0.6 is 0 Å². The summed E-state index contributed by atoms with van der Waals surface area (Å²) in [4.78, 5) is 11.5. The van der Waals surface area contributed by atoms with Gasteiger partial charge in [-0.15, -0.1) is 6.42 Å². The minimum absolute atomic E-state index is 0.133. The van der Waals surface area contributed by atoms with Crippen LogP contribution in [0.4, 0.5) is 5.69 Å². The molecule has 0 heterocycles. The predicted molar refractivity (Wildman–Crippen MR) is 63.7 cm³/mol. The summed E-state index contributed by atoms with van der Waals surface area (Å²) in [5.74, 6) is 2.33. The van der Waals surface area contributed by atoms with Crippen LogP contribution in [0.1, 0.15) is 10.4 Å². The minimum Gasteiger partial charge on any atom is -0.493 e. The smallest absolute Gasteiger partial charge is 0.237 e. The highest BCUT2D eigenvalue weighted by molar-refractivity contribution is 6.13. The van der Waals surface area contributed by atoms with Crippen molar-refractivity contribution in [3.63, 3.8) is 0 Å². The quantitative estimate of drug-likeness (QED) is 0.366. The van der Waals surface area contributed by atoms with Crippen molar-refractivity contribution in [3.8, 4) is 29.6 Å². The molecule has 5 nitrogen and oxygen atoms in total. The molecule has 0 spiro atoms. The van der Waals surface area contributed by atoms with Crippen LogP contribution in [0.2, 0.25) is 0 Å². The number of rotatable bonds is 4. The highest BCUT2D eigenvalue weighted by Gasteiger charge is 2.21. The van der Waals surface area contributed by atoms with Gasteiger partial charge in [0.25, 0.3) is 0 Å². The van der Waals surface area contributed by atoms with Crippen molar-refractivity contribution in [2.75, 3.05) is 27.1 Å². The first kappa shape index (κ1) is 12.7. The molecule has 0 bridgehead atoms. The van der Waals surface area contributed by atoms with Gasteiger partial charge in [0, 0.05) is 0 Å². The van der Waals surface area contributed by atoms with Crippen molar-refractivity contribution in [1.29, 1.82) is 0 Å². The molecule has 0 saturated heterocycles. The van der Waals surface area contributed by atoms with Gasteiger partial charge in [-0.05, 0) is 12.0 Å². The van der Waals surface area contributed by atoms with Gasteiger partial charge in [-0.2, -0.15) is 0 Å². The molecule has 0 fully saturated rings. The number of carbonyl (C=O) groups is 1. The van der Waals surface area contributed by atoms with Gasteiger partial charge in [0.1, 0.15) is 0 Å². The molecule has 0 unspecified atom stereocenters. The van der Waals surface area contributed by atoms with Crippen molar-refractivity contribution < 1.29 is 19.0 Å². The fourth-order valence-electron chi connectivity index (χ4n) is 1.44. The molecule has 1 rings (SSSR count). The van der Waals surface area contributed by atoms with Crippen LogP contribution in [-0.4, -0.2) is 27.1 Å². The highest BCUT2D eigenvalue weighted by atomic mass is 16.5. The van der Waals surface area contributed by atoms with E-state index in [4.69, 9.17) is 26.4 Å². The zero-order chi connectivity index (χ0) is 13.0. The first-order chi connectivity index (χ1) is 8.10. The van der Waals surface area contributed by atoms with E-state index < -0.39 is 5.78 Å². The lowest BCUT2D eigenvalue weighted by atomic mass is 10.1. The van der Waals surface area contributed by atoms with Gasteiger partial charge >= 0.3 is 0 Å². The lowest BCUT2D eigenvalue weighted by Gasteiger charge is -2.15. The molecule has 90 valence electrons. The van der Waals surface area contributed by atoms with Crippen LogP contribution in [0.25, 0.3) is 0 Å². The monoisotopic (exact) mass is 235 g/mol. The largest absolute Gasteiger partial charge is 0.493 e. The number of hydrogen-bond donors (Lipinski definition) is 1. The third-order valence-electron chi connectivity index (χ3n) is 2.24. The molecule has 0 radical (unpaired) electrons. The molecule has 1 aromatic rings. The van der Waals surface area contributed by atoms with E-state index >= 15 is 0 Å². The van der Waals surface area contributed by atoms with Crippen LogP contribution in [0, 0.1) is 12.3 Å². The van der Waals surface area contributed by atoms with Crippen LogP contribution in [0.5, 0.6) is 17.2 Å². The Morgan fingerprint density at radius 2 is 1.82 bits per heavy atom. The zero-order valence-electron chi connectivity index (χ0n) is 9.87. The summed E-state index contributed by atoms with van der Waals surface area (Å²) in [7, 11) is 4.30. The third-order valence-corrected chi connectivity index (χ3v) is 2.24. The highest BCUT2D eigenvalue weighted by Crippen LogP contribution is 2.43. The zero-order valence-corrected chi connectivity index (χ0v) is 9.87. The minimum atomic E-state index is -0.540. The lowest BCUT2D eigenvalue weighted by molar-refractivity contribution is 0.105. The van der Waals surface area contributed by atoms with Gasteiger partial charge in [-0.3, -0.25) is 4.79 Å². The van der Waals surface area contributed by atoms with Gasteiger partial charge < -0.3 is 19.9 Å². The van der Waals surface area contributed by atoms with E-state index in [0.29, 0.717) is 11.5 Å². The second kappa shape index (κ2) is 5.12. The number of anilines is 1. The Labute approximate surface area is 99.5 Å². The van der Waals surface area contributed by atoms with E-state index in [1.54, 1.807) is 0 Å². The fourth-order valence-corrected chi connectivity index (χ4v) is 1.44. The van der Waals surface area contributed by atoms with Crippen LogP contribution in [-0.2, 0) is 0 Å². The number of hydrogen-bond acceptors (Lipinski definition) is 5. The number of ketones is 1. The normalized spacial score (nSPS) is 9.29. The second-order valence-electron chi connectivity index (χ2n) is 3.08. The Morgan fingerprint density at radius 1 is 1.24 bits per heavy atom. The molecule has 1 aromatic carbocycles. The molecule has 0 atom stereocenters. The Bertz CT molecular complexity index is 488. The summed E-state index contributed by atoms with van der Waals surface area (Å²) in [6, 6.07) is 1.43. The Morgan fingerprint density at radius 3 is 2.24 bits per heavy atom. The van der Waals surface area contributed by atoms with Gasteiger partial charge in [-0.1, -0.05) is 0 Å². The number of benzene rings is 1. The third kappa shape index (κ3) is 2.11. The number of carbonyl (C=O) groups excluding carboxylic acids is 1. The van der Waals surface area contributed by atoms with Crippen LogP contribution in [0.3, 0.4) is 0 Å². The van der Waals surface area contributed by atoms with Crippen molar-refractivity contribution in [2.45, 2.75) is 0 Å². The number of nitrogens with two attached hydrogens (primary N) is 1. The average Bonchev–Trinajstić information content (AvgIpc) is 2.36. The summed E-state index contributed by atoms with van der Waals surface area (Å²) in [5, 5.41) is 0. The van der Waals surface area contributed by atoms with E-state index in [1.165, 1.54) is 27.4 Å². The topological polar surface area (TPSA) is 70.8 Å². The summed E-state index contributed by atoms with van der Waals surface area (Å²) in [6.07, 6.45) is 5.06.